The molecule has 0 bridgehead atoms. The van der Waals surface area contributed by atoms with E-state index in [0.717, 1.165) is 45.5 Å². The zero-order valence-electron chi connectivity index (χ0n) is 11.6. The van der Waals surface area contributed by atoms with E-state index < -0.39 is 0 Å². The Balaban J connectivity index is 2.34. The van der Waals surface area contributed by atoms with E-state index in [1.807, 2.05) is 6.92 Å². The van der Waals surface area contributed by atoms with Crippen LogP contribution < -0.4 is 0 Å². The molecule has 1 aliphatic heterocycles. The number of nitrogens with zero attached hydrogens (tertiary/aromatic N) is 1. The lowest BCUT2D eigenvalue weighted by molar-refractivity contribution is -0.141. The topological polar surface area (TPSA) is 38.8 Å². The second kappa shape index (κ2) is 8.27. The Bertz CT molecular complexity index is 272. The lowest BCUT2D eigenvalue weighted by Gasteiger charge is -2.24. The van der Waals surface area contributed by atoms with Crippen LogP contribution in [0.25, 0.3) is 0 Å². The molecule has 0 amide bonds. The second-order valence-electron chi connectivity index (χ2n) is 4.97. The van der Waals surface area contributed by atoms with E-state index in [-0.39, 0.29) is 5.97 Å². The maximum Gasteiger partial charge on any atom is 0.306 e. The van der Waals surface area contributed by atoms with E-state index in [9.17, 15) is 4.79 Å². The van der Waals surface area contributed by atoms with Crippen LogP contribution in [0.2, 0.25) is 0 Å². The Morgan fingerprint density at radius 1 is 1.44 bits per heavy atom. The van der Waals surface area contributed by atoms with E-state index in [1.54, 1.807) is 0 Å². The van der Waals surface area contributed by atoms with Gasteiger partial charge in [-0.05, 0) is 26.2 Å². The minimum absolute atomic E-state index is 0.150. The fourth-order valence-electron chi connectivity index (χ4n) is 2.07. The molecule has 0 saturated carbocycles. The smallest absolute Gasteiger partial charge is 0.306 e. The molecule has 1 rings (SSSR count). The summed E-state index contributed by atoms with van der Waals surface area (Å²) in [5.74, 6) is -0.150. The van der Waals surface area contributed by atoms with E-state index in [1.165, 1.54) is 12.7 Å². The molecule has 1 heterocycles. The SMILES string of the molecule is C=C(C)CCN(CCC(=O)OC)CC1CCCO1. The fourth-order valence-corrected chi connectivity index (χ4v) is 2.07. The number of esters is 1. The highest BCUT2D eigenvalue weighted by atomic mass is 16.5. The monoisotopic (exact) mass is 255 g/mol. The quantitative estimate of drug-likeness (QED) is 0.491. The molecule has 1 unspecified atom stereocenters. The van der Waals surface area contributed by atoms with Crippen molar-refractivity contribution in [2.75, 3.05) is 33.4 Å². The molecule has 0 aromatic heterocycles. The number of carbonyl (C=O) groups is 1. The highest BCUT2D eigenvalue weighted by Gasteiger charge is 2.19. The first kappa shape index (κ1) is 15.2. The first-order valence-electron chi connectivity index (χ1n) is 6.67. The highest BCUT2D eigenvalue weighted by Crippen LogP contribution is 2.14. The largest absolute Gasteiger partial charge is 0.469 e. The summed E-state index contributed by atoms with van der Waals surface area (Å²) in [6, 6.07) is 0. The van der Waals surface area contributed by atoms with Gasteiger partial charge in [-0.2, -0.15) is 0 Å². The molecule has 4 heteroatoms. The summed E-state index contributed by atoms with van der Waals surface area (Å²) in [7, 11) is 1.43. The number of methoxy groups -OCH3 is 1. The Morgan fingerprint density at radius 2 is 2.17 bits per heavy atom. The van der Waals surface area contributed by atoms with E-state index in [2.05, 4.69) is 16.2 Å². The van der Waals surface area contributed by atoms with Crippen molar-refractivity contribution in [3.05, 3.63) is 12.2 Å². The molecule has 0 N–H and O–H groups in total. The minimum Gasteiger partial charge on any atom is -0.469 e. The van der Waals surface area contributed by atoms with E-state index in [4.69, 9.17) is 4.74 Å². The number of carbonyl (C=O) groups excluding carboxylic acids is 1. The summed E-state index contributed by atoms with van der Waals surface area (Å²) in [5, 5.41) is 0. The summed E-state index contributed by atoms with van der Waals surface area (Å²) < 4.78 is 10.3. The van der Waals surface area contributed by atoms with E-state index in [0.29, 0.717) is 12.5 Å². The van der Waals surface area contributed by atoms with Crippen molar-refractivity contribution >= 4 is 5.97 Å². The summed E-state index contributed by atoms with van der Waals surface area (Å²) in [4.78, 5) is 13.5. The number of rotatable bonds is 8. The van der Waals surface area contributed by atoms with Crippen molar-refractivity contribution < 1.29 is 14.3 Å². The van der Waals surface area contributed by atoms with Gasteiger partial charge in [-0.15, -0.1) is 6.58 Å². The van der Waals surface area contributed by atoms with Gasteiger partial charge in [-0.25, -0.2) is 0 Å². The van der Waals surface area contributed by atoms with Gasteiger partial charge in [0.15, 0.2) is 0 Å². The summed E-state index contributed by atoms with van der Waals surface area (Å²) in [6.45, 7) is 9.40. The average Bonchev–Trinajstić information content (AvgIpc) is 2.84. The van der Waals surface area contributed by atoms with Crippen molar-refractivity contribution in [1.82, 2.24) is 4.90 Å². The molecule has 0 aliphatic carbocycles. The summed E-state index contributed by atoms with van der Waals surface area (Å²) in [5.41, 5.74) is 1.17. The molecule has 1 saturated heterocycles. The molecule has 1 fully saturated rings. The van der Waals surface area contributed by atoms with Gasteiger partial charge in [0.25, 0.3) is 0 Å². The molecule has 1 aliphatic rings. The third-order valence-electron chi connectivity index (χ3n) is 3.20. The molecule has 0 aromatic rings. The maximum atomic E-state index is 11.2. The van der Waals surface area contributed by atoms with Crippen molar-refractivity contribution in [1.29, 1.82) is 0 Å². The minimum atomic E-state index is -0.150. The van der Waals surface area contributed by atoms with Crippen LogP contribution in [-0.4, -0.2) is 50.3 Å². The lowest BCUT2D eigenvalue weighted by Crippen LogP contribution is -2.35. The first-order chi connectivity index (χ1) is 8.61. The Kier molecular flexibility index (Phi) is 6.98. The van der Waals surface area contributed by atoms with Gasteiger partial charge in [0.1, 0.15) is 0 Å². The number of hydrogen-bond acceptors (Lipinski definition) is 4. The molecule has 4 nitrogen and oxygen atoms in total. The number of hydrogen-bond donors (Lipinski definition) is 0. The summed E-state index contributed by atoms with van der Waals surface area (Å²) in [6.07, 6.45) is 4.01. The standard InChI is InChI=1S/C14H25NO3/c1-12(2)6-8-15(9-7-14(16)17-3)11-13-5-4-10-18-13/h13H,1,4-11H2,2-3H3. The van der Waals surface area contributed by atoms with Gasteiger partial charge >= 0.3 is 5.97 Å². The van der Waals surface area contributed by atoms with Crippen molar-refractivity contribution in [3.8, 4) is 0 Å². The molecule has 0 spiro atoms. The van der Waals surface area contributed by atoms with Crippen LogP contribution in [0, 0.1) is 0 Å². The third-order valence-corrected chi connectivity index (χ3v) is 3.20. The van der Waals surface area contributed by atoms with Gasteiger partial charge < -0.3 is 9.47 Å². The van der Waals surface area contributed by atoms with Crippen molar-refractivity contribution in [3.63, 3.8) is 0 Å². The van der Waals surface area contributed by atoms with Gasteiger partial charge in [0, 0.05) is 26.2 Å². The molecular weight excluding hydrogens is 230 g/mol. The predicted octanol–water partition coefficient (Wildman–Crippen LogP) is 2.00. The predicted molar refractivity (Wildman–Crippen MR) is 71.5 cm³/mol. The molecule has 0 aromatic carbocycles. The van der Waals surface area contributed by atoms with Crippen LogP contribution in [0.3, 0.4) is 0 Å². The van der Waals surface area contributed by atoms with E-state index >= 15 is 0 Å². The average molecular weight is 255 g/mol. The van der Waals surface area contributed by atoms with Gasteiger partial charge in [-0.1, -0.05) is 5.57 Å². The maximum absolute atomic E-state index is 11.2. The van der Waals surface area contributed by atoms with Crippen LogP contribution in [0.1, 0.15) is 32.6 Å². The summed E-state index contributed by atoms with van der Waals surface area (Å²) >= 11 is 0. The van der Waals surface area contributed by atoms with Crippen molar-refractivity contribution in [2.45, 2.75) is 38.7 Å². The zero-order chi connectivity index (χ0) is 13.4. The Labute approximate surface area is 110 Å². The molecule has 18 heavy (non-hydrogen) atoms. The van der Waals surface area contributed by atoms with Crippen LogP contribution in [-0.2, 0) is 14.3 Å². The molecular formula is C14H25NO3. The normalized spacial score (nSPS) is 19.2. The van der Waals surface area contributed by atoms with Gasteiger partial charge in [0.05, 0.1) is 19.6 Å². The van der Waals surface area contributed by atoms with Crippen molar-refractivity contribution in [2.24, 2.45) is 0 Å². The molecule has 0 radical (unpaired) electrons. The molecule has 1 atom stereocenters. The van der Waals surface area contributed by atoms with Gasteiger partial charge in [0.2, 0.25) is 0 Å². The fraction of sp³-hybridized carbons (Fsp3) is 0.786. The second-order valence-corrected chi connectivity index (χ2v) is 4.97. The Hall–Kier alpha value is -0.870. The first-order valence-corrected chi connectivity index (χ1v) is 6.67. The molecule has 104 valence electrons. The third kappa shape index (κ3) is 6.17. The van der Waals surface area contributed by atoms with Crippen LogP contribution in [0.4, 0.5) is 0 Å². The van der Waals surface area contributed by atoms with Gasteiger partial charge in [-0.3, -0.25) is 9.69 Å². The van der Waals surface area contributed by atoms with Crippen LogP contribution in [0.5, 0.6) is 0 Å². The highest BCUT2D eigenvalue weighted by molar-refractivity contribution is 5.69. The zero-order valence-corrected chi connectivity index (χ0v) is 11.6. The van der Waals surface area contributed by atoms with Crippen LogP contribution >= 0.6 is 0 Å². The Morgan fingerprint density at radius 3 is 2.72 bits per heavy atom. The lowest BCUT2D eigenvalue weighted by atomic mass is 10.2. The number of ether oxygens (including phenoxy) is 2. The van der Waals surface area contributed by atoms with Crippen LogP contribution in [0.15, 0.2) is 12.2 Å².